The SMILES string of the molecule is CCc1cccc2cccc(N3CCc4c(nc(OCC56CCCN5CCC6)nc4OS(=O)(=O)c4ccc(C)cc4)C3)c12. The van der Waals surface area contributed by atoms with Gasteiger partial charge in [0, 0.05) is 23.2 Å². The van der Waals surface area contributed by atoms with Crippen molar-refractivity contribution >= 4 is 26.6 Å². The Morgan fingerprint density at radius 1 is 0.930 bits per heavy atom. The van der Waals surface area contributed by atoms with Crippen molar-refractivity contribution < 1.29 is 17.3 Å². The summed E-state index contributed by atoms with van der Waals surface area (Å²) in [4.78, 5) is 14.4. The molecule has 2 fully saturated rings. The Morgan fingerprint density at radius 3 is 2.42 bits per heavy atom. The van der Waals surface area contributed by atoms with Gasteiger partial charge in [-0.2, -0.15) is 18.4 Å². The van der Waals surface area contributed by atoms with Crippen LogP contribution >= 0.6 is 0 Å². The molecule has 7 rings (SSSR count). The summed E-state index contributed by atoms with van der Waals surface area (Å²) in [6.07, 6.45) is 6.01. The molecule has 224 valence electrons. The van der Waals surface area contributed by atoms with Gasteiger partial charge >= 0.3 is 16.1 Å². The van der Waals surface area contributed by atoms with Crippen LogP contribution in [0.5, 0.6) is 11.9 Å². The molecule has 43 heavy (non-hydrogen) atoms. The van der Waals surface area contributed by atoms with Crippen LogP contribution in [0.4, 0.5) is 5.69 Å². The van der Waals surface area contributed by atoms with E-state index in [-0.39, 0.29) is 22.3 Å². The highest BCUT2D eigenvalue weighted by Crippen LogP contribution is 2.40. The molecule has 0 radical (unpaired) electrons. The van der Waals surface area contributed by atoms with Gasteiger partial charge < -0.3 is 13.8 Å². The Kier molecular flexibility index (Phi) is 7.26. The average Bonchev–Trinajstić information content (AvgIpc) is 3.60. The summed E-state index contributed by atoms with van der Waals surface area (Å²) in [6, 6.07) is 19.7. The fourth-order valence-corrected chi connectivity index (χ4v) is 8.10. The lowest BCUT2D eigenvalue weighted by Crippen LogP contribution is -2.43. The predicted molar refractivity (Wildman–Crippen MR) is 167 cm³/mol. The summed E-state index contributed by atoms with van der Waals surface area (Å²) in [6.45, 7) is 7.97. The number of nitrogens with zero attached hydrogens (tertiary/aromatic N) is 4. The van der Waals surface area contributed by atoms with E-state index >= 15 is 0 Å². The standard InChI is InChI=1S/C34H38N4O4S/c1-3-25-8-4-9-26-10-5-11-30(31(25)26)37-21-16-28-29(22-37)35-33(41-23-34-17-6-19-38(34)20-7-18-34)36-32(28)42-43(39,40)27-14-12-24(2)13-15-27/h4-5,8-15H,3,6-7,16-23H2,1-2H3. The predicted octanol–water partition coefficient (Wildman–Crippen LogP) is 5.84. The molecule has 0 N–H and O–H groups in total. The molecule has 4 aromatic rings. The molecule has 3 aromatic carbocycles. The van der Waals surface area contributed by atoms with Crippen molar-refractivity contribution in [3.05, 3.63) is 83.0 Å². The largest absolute Gasteiger partial charge is 0.461 e. The van der Waals surface area contributed by atoms with Crippen molar-refractivity contribution in [2.45, 2.75) is 69.4 Å². The van der Waals surface area contributed by atoms with Gasteiger partial charge in [0.1, 0.15) is 11.5 Å². The summed E-state index contributed by atoms with van der Waals surface area (Å²) >= 11 is 0. The van der Waals surface area contributed by atoms with Crippen LogP contribution in [0.3, 0.4) is 0 Å². The van der Waals surface area contributed by atoms with Gasteiger partial charge in [-0.05, 0) is 87.7 Å². The van der Waals surface area contributed by atoms with E-state index < -0.39 is 10.1 Å². The fraction of sp³-hybridized carbons (Fsp3) is 0.412. The molecule has 9 heteroatoms. The summed E-state index contributed by atoms with van der Waals surface area (Å²) in [5.74, 6) is 0.0691. The maximum atomic E-state index is 13.4. The smallest absolute Gasteiger partial charge is 0.340 e. The van der Waals surface area contributed by atoms with Crippen molar-refractivity contribution in [3.63, 3.8) is 0 Å². The molecule has 0 spiro atoms. The molecule has 1 aromatic heterocycles. The van der Waals surface area contributed by atoms with Crippen LogP contribution in [0.1, 0.15) is 55.0 Å². The van der Waals surface area contributed by atoms with E-state index in [1.54, 1.807) is 24.3 Å². The number of benzene rings is 3. The Morgan fingerprint density at radius 2 is 1.67 bits per heavy atom. The third-order valence-corrected chi connectivity index (χ3v) is 10.7. The third-order valence-electron chi connectivity index (χ3n) is 9.48. The Balaban J connectivity index is 1.25. The first-order chi connectivity index (χ1) is 20.8. The maximum Gasteiger partial charge on any atom is 0.340 e. The van der Waals surface area contributed by atoms with Gasteiger partial charge in [0.25, 0.3) is 0 Å². The van der Waals surface area contributed by atoms with Crippen LogP contribution in [-0.2, 0) is 29.5 Å². The highest BCUT2D eigenvalue weighted by Gasteiger charge is 2.45. The maximum absolute atomic E-state index is 13.4. The van der Waals surface area contributed by atoms with Gasteiger partial charge in [-0.1, -0.05) is 55.0 Å². The molecule has 0 saturated carbocycles. The topological polar surface area (TPSA) is 84.9 Å². The number of hydrogen-bond donors (Lipinski definition) is 0. The van der Waals surface area contributed by atoms with Gasteiger partial charge in [0.15, 0.2) is 0 Å². The first kappa shape index (κ1) is 28.1. The minimum absolute atomic E-state index is 0.0137. The monoisotopic (exact) mass is 598 g/mol. The number of hydrogen-bond acceptors (Lipinski definition) is 8. The van der Waals surface area contributed by atoms with E-state index in [0.717, 1.165) is 67.7 Å². The molecule has 3 aliphatic rings. The lowest BCUT2D eigenvalue weighted by molar-refractivity contribution is 0.107. The number of aromatic nitrogens is 2. The number of fused-ring (bicyclic) bond motifs is 3. The number of anilines is 1. The molecule has 3 aliphatic heterocycles. The van der Waals surface area contributed by atoms with Crippen LogP contribution in [0.2, 0.25) is 0 Å². The van der Waals surface area contributed by atoms with Gasteiger partial charge in [0.05, 0.1) is 17.8 Å². The molecule has 8 nitrogen and oxygen atoms in total. The average molecular weight is 599 g/mol. The second kappa shape index (κ2) is 11.1. The summed E-state index contributed by atoms with van der Waals surface area (Å²) < 4.78 is 38.9. The lowest BCUT2D eigenvalue weighted by atomic mass is 9.95. The molecule has 0 amide bonds. The first-order valence-corrected chi connectivity index (χ1v) is 16.8. The molecule has 4 heterocycles. The summed E-state index contributed by atoms with van der Waals surface area (Å²) in [5, 5.41) is 2.46. The van der Waals surface area contributed by atoms with Crippen LogP contribution < -0.4 is 13.8 Å². The highest BCUT2D eigenvalue weighted by molar-refractivity contribution is 7.87. The van der Waals surface area contributed by atoms with Gasteiger partial charge in [-0.25, -0.2) is 0 Å². The Labute approximate surface area is 253 Å². The normalized spacial score (nSPS) is 18.0. The van der Waals surface area contributed by atoms with E-state index in [9.17, 15) is 8.42 Å². The van der Waals surface area contributed by atoms with Crippen molar-refractivity contribution in [2.75, 3.05) is 31.1 Å². The quantitative estimate of drug-likeness (QED) is 0.234. The number of ether oxygens (including phenoxy) is 1. The fourth-order valence-electron chi connectivity index (χ4n) is 7.19. The first-order valence-electron chi connectivity index (χ1n) is 15.4. The third kappa shape index (κ3) is 5.23. The Bertz CT molecular complexity index is 1760. The molecule has 0 atom stereocenters. The molecular formula is C34H38N4O4S. The van der Waals surface area contributed by atoms with Crippen LogP contribution in [0.15, 0.2) is 65.6 Å². The summed E-state index contributed by atoms with van der Waals surface area (Å²) in [7, 11) is -4.10. The van der Waals surface area contributed by atoms with Crippen LogP contribution in [0.25, 0.3) is 10.8 Å². The zero-order valence-corrected chi connectivity index (χ0v) is 25.7. The van der Waals surface area contributed by atoms with Gasteiger partial charge in [-0.3, -0.25) is 4.90 Å². The molecule has 2 saturated heterocycles. The van der Waals surface area contributed by atoms with E-state index in [1.807, 2.05) is 6.92 Å². The van der Waals surface area contributed by atoms with E-state index in [2.05, 4.69) is 58.1 Å². The second-order valence-electron chi connectivity index (χ2n) is 12.1. The van der Waals surface area contributed by atoms with Crippen molar-refractivity contribution in [3.8, 4) is 11.9 Å². The lowest BCUT2D eigenvalue weighted by Gasteiger charge is -2.33. The minimum atomic E-state index is -4.10. The van der Waals surface area contributed by atoms with Crippen LogP contribution in [0, 0.1) is 6.92 Å². The van der Waals surface area contributed by atoms with Crippen LogP contribution in [-0.4, -0.2) is 55.1 Å². The minimum Gasteiger partial charge on any atom is -0.461 e. The van der Waals surface area contributed by atoms with Crippen molar-refractivity contribution in [1.82, 2.24) is 14.9 Å². The number of rotatable bonds is 8. The Hall–Kier alpha value is -3.69. The summed E-state index contributed by atoms with van der Waals surface area (Å²) in [5.41, 5.74) is 4.90. The van der Waals surface area contributed by atoms with E-state index in [1.165, 1.54) is 16.3 Å². The molecular weight excluding hydrogens is 560 g/mol. The molecule has 0 bridgehead atoms. The van der Waals surface area contributed by atoms with E-state index in [0.29, 0.717) is 26.1 Å². The molecule has 0 unspecified atom stereocenters. The second-order valence-corrected chi connectivity index (χ2v) is 13.7. The van der Waals surface area contributed by atoms with E-state index in [4.69, 9.17) is 13.9 Å². The zero-order valence-electron chi connectivity index (χ0n) is 24.9. The van der Waals surface area contributed by atoms with Crippen molar-refractivity contribution in [1.29, 1.82) is 0 Å². The van der Waals surface area contributed by atoms with Gasteiger partial charge in [-0.15, -0.1) is 0 Å². The molecule has 0 aliphatic carbocycles. The zero-order chi connectivity index (χ0) is 29.6. The van der Waals surface area contributed by atoms with Gasteiger partial charge in [0.2, 0.25) is 5.88 Å². The number of aryl methyl sites for hydroxylation is 2. The highest BCUT2D eigenvalue weighted by atomic mass is 32.2. The van der Waals surface area contributed by atoms with Crippen molar-refractivity contribution in [2.24, 2.45) is 0 Å².